The Bertz CT molecular complexity index is 960. The number of methoxy groups -OCH3 is 1. The number of nitrogens with zero attached hydrogens (tertiary/aromatic N) is 3. The molecule has 3 rings (SSSR count). The Balaban J connectivity index is 1.83. The summed E-state index contributed by atoms with van der Waals surface area (Å²) in [7, 11) is -2.18. The third kappa shape index (κ3) is 3.45. The maximum Gasteiger partial charge on any atom is 0.265 e. The van der Waals surface area contributed by atoms with E-state index in [9.17, 15) is 8.42 Å². The molecule has 0 atom stereocenters. The molecule has 0 aliphatic heterocycles. The maximum absolute atomic E-state index is 12.5. The van der Waals surface area contributed by atoms with Gasteiger partial charge in [-0.05, 0) is 32.0 Å². The summed E-state index contributed by atoms with van der Waals surface area (Å²) in [5, 5.41) is 14.6. The van der Waals surface area contributed by atoms with E-state index in [0.29, 0.717) is 28.6 Å². The summed E-state index contributed by atoms with van der Waals surface area (Å²) in [4.78, 5) is 0.164. The van der Waals surface area contributed by atoms with Gasteiger partial charge < -0.3 is 4.74 Å². The molecule has 2 aromatic heterocycles. The van der Waals surface area contributed by atoms with Crippen LogP contribution >= 0.6 is 0 Å². The van der Waals surface area contributed by atoms with Crippen molar-refractivity contribution in [3.05, 3.63) is 47.8 Å². The molecule has 2 N–H and O–H groups in total. The smallest absolute Gasteiger partial charge is 0.265 e. The van der Waals surface area contributed by atoms with Crippen LogP contribution in [0.5, 0.6) is 5.88 Å². The summed E-state index contributed by atoms with van der Waals surface area (Å²) in [5.41, 5.74) is 2.85. The van der Waals surface area contributed by atoms with Gasteiger partial charge in [0.25, 0.3) is 10.0 Å². The summed E-state index contributed by atoms with van der Waals surface area (Å²) in [6.07, 6.45) is 0. The van der Waals surface area contributed by atoms with Gasteiger partial charge in [0.05, 0.1) is 24.2 Å². The lowest BCUT2D eigenvalue weighted by Gasteiger charge is -2.09. The highest BCUT2D eigenvalue weighted by atomic mass is 32.2. The van der Waals surface area contributed by atoms with Gasteiger partial charge in [-0.1, -0.05) is 12.1 Å². The van der Waals surface area contributed by atoms with Gasteiger partial charge in [0.2, 0.25) is 5.88 Å². The minimum absolute atomic E-state index is 0.164. The molecule has 0 saturated heterocycles. The van der Waals surface area contributed by atoms with E-state index in [4.69, 9.17) is 4.74 Å². The summed E-state index contributed by atoms with van der Waals surface area (Å²) in [5.74, 6) is 0.430. The lowest BCUT2D eigenvalue weighted by Crippen LogP contribution is -2.14. The van der Waals surface area contributed by atoms with E-state index in [-0.39, 0.29) is 4.90 Å². The van der Waals surface area contributed by atoms with E-state index in [0.717, 1.165) is 5.56 Å². The first-order valence-corrected chi connectivity index (χ1v) is 8.91. The zero-order valence-electron chi connectivity index (χ0n) is 13.9. The Morgan fingerprint density at radius 2 is 1.76 bits per heavy atom. The highest BCUT2D eigenvalue weighted by molar-refractivity contribution is 7.92. The third-order valence-electron chi connectivity index (χ3n) is 3.61. The van der Waals surface area contributed by atoms with Crippen LogP contribution in [0.15, 0.2) is 41.3 Å². The minimum Gasteiger partial charge on any atom is -0.480 e. The molecule has 0 spiro atoms. The van der Waals surface area contributed by atoms with Crippen LogP contribution in [0.4, 0.5) is 5.69 Å². The quantitative estimate of drug-likeness (QED) is 0.723. The highest BCUT2D eigenvalue weighted by Gasteiger charge is 2.22. The molecule has 0 fully saturated rings. The molecule has 130 valence electrons. The van der Waals surface area contributed by atoms with E-state index in [1.807, 2.05) is 0 Å². The molecule has 0 aliphatic rings. The highest BCUT2D eigenvalue weighted by Crippen LogP contribution is 2.23. The number of aromatic nitrogens is 4. The number of hydrogen-bond donors (Lipinski definition) is 2. The van der Waals surface area contributed by atoms with Crippen LogP contribution in [-0.4, -0.2) is 35.9 Å². The summed E-state index contributed by atoms with van der Waals surface area (Å²) in [6.45, 7) is 3.31. The zero-order chi connectivity index (χ0) is 18.0. The molecular weight excluding hydrogens is 342 g/mol. The fourth-order valence-corrected chi connectivity index (χ4v) is 3.87. The van der Waals surface area contributed by atoms with E-state index < -0.39 is 10.0 Å². The van der Waals surface area contributed by atoms with Crippen molar-refractivity contribution in [3.63, 3.8) is 0 Å². The van der Waals surface area contributed by atoms with Gasteiger partial charge in [-0.2, -0.15) is 5.10 Å². The van der Waals surface area contributed by atoms with Crippen molar-refractivity contribution in [2.45, 2.75) is 18.7 Å². The monoisotopic (exact) mass is 359 g/mol. The van der Waals surface area contributed by atoms with E-state index in [1.54, 1.807) is 50.2 Å². The first-order chi connectivity index (χ1) is 11.9. The predicted octanol–water partition coefficient (Wildman–Crippen LogP) is 2.29. The maximum atomic E-state index is 12.5. The topological polar surface area (TPSA) is 110 Å². The van der Waals surface area contributed by atoms with Gasteiger partial charge in [0, 0.05) is 17.3 Å². The number of ether oxygens (including phenoxy) is 1. The molecule has 3 aromatic rings. The summed E-state index contributed by atoms with van der Waals surface area (Å²) >= 11 is 0. The fraction of sp³-hybridized carbons (Fsp3) is 0.188. The van der Waals surface area contributed by atoms with Crippen LogP contribution in [0.3, 0.4) is 0 Å². The molecule has 2 heterocycles. The van der Waals surface area contributed by atoms with E-state index >= 15 is 0 Å². The molecule has 0 unspecified atom stereocenters. The number of rotatable bonds is 5. The van der Waals surface area contributed by atoms with Gasteiger partial charge >= 0.3 is 0 Å². The lowest BCUT2D eigenvalue weighted by molar-refractivity contribution is 0.392. The number of H-pyrrole nitrogens is 1. The summed E-state index contributed by atoms with van der Waals surface area (Å²) in [6, 6.07) is 10.4. The van der Waals surface area contributed by atoms with Crippen molar-refractivity contribution in [1.29, 1.82) is 0 Å². The van der Waals surface area contributed by atoms with Gasteiger partial charge in [0.15, 0.2) is 0 Å². The molecular formula is C16H17N5O3S. The molecule has 0 saturated carbocycles. The largest absolute Gasteiger partial charge is 0.480 e. The Labute approximate surface area is 145 Å². The number of nitrogens with one attached hydrogen (secondary N) is 2. The first-order valence-electron chi connectivity index (χ1n) is 7.43. The average molecular weight is 359 g/mol. The first kappa shape index (κ1) is 16.9. The van der Waals surface area contributed by atoms with Crippen molar-refractivity contribution in [2.75, 3.05) is 11.8 Å². The second-order valence-electron chi connectivity index (χ2n) is 5.41. The summed E-state index contributed by atoms with van der Waals surface area (Å²) < 4.78 is 32.6. The fourth-order valence-electron chi connectivity index (χ4n) is 2.43. The Kier molecular flexibility index (Phi) is 4.41. The van der Waals surface area contributed by atoms with Crippen molar-refractivity contribution >= 4 is 15.7 Å². The van der Waals surface area contributed by atoms with Crippen LogP contribution in [0.2, 0.25) is 0 Å². The molecule has 0 aliphatic carbocycles. The number of aromatic amines is 1. The van der Waals surface area contributed by atoms with Crippen LogP contribution in [0, 0.1) is 13.8 Å². The normalized spacial score (nSPS) is 11.3. The number of aryl methyl sites for hydroxylation is 2. The second kappa shape index (κ2) is 6.52. The third-order valence-corrected chi connectivity index (χ3v) is 5.25. The van der Waals surface area contributed by atoms with Gasteiger partial charge in [-0.15, -0.1) is 10.2 Å². The number of hydrogen-bond acceptors (Lipinski definition) is 6. The van der Waals surface area contributed by atoms with Crippen LogP contribution in [-0.2, 0) is 10.0 Å². The second-order valence-corrected chi connectivity index (χ2v) is 7.03. The van der Waals surface area contributed by atoms with Crippen molar-refractivity contribution in [3.8, 4) is 17.1 Å². The Hall–Kier alpha value is -2.94. The molecule has 0 amide bonds. The van der Waals surface area contributed by atoms with Gasteiger partial charge in [-0.3, -0.25) is 9.82 Å². The van der Waals surface area contributed by atoms with Crippen LogP contribution in [0.1, 0.15) is 11.4 Å². The molecule has 0 radical (unpaired) electrons. The Morgan fingerprint density at radius 3 is 2.28 bits per heavy atom. The lowest BCUT2D eigenvalue weighted by atomic mass is 10.1. The van der Waals surface area contributed by atoms with Crippen LogP contribution < -0.4 is 9.46 Å². The van der Waals surface area contributed by atoms with Gasteiger partial charge in [-0.25, -0.2) is 8.42 Å². The molecule has 9 heteroatoms. The van der Waals surface area contributed by atoms with Crippen molar-refractivity contribution in [1.82, 2.24) is 20.4 Å². The number of anilines is 1. The van der Waals surface area contributed by atoms with E-state index in [1.165, 1.54) is 7.11 Å². The van der Waals surface area contributed by atoms with Gasteiger partial charge in [0.1, 0.15) is 4.90 Å². The number of benzene rings is 1. The molecule has 8 nitrogen and oxygen atoms in total. The molecule has 0 bridgehead atoms. The predicted molar refractivity (Wildman–Crippen MR) is 92.9 cm³/mol. The molecule has 25 heavy (non-hydrogen) atoms. The Morgan fingerprint density at radius 1 is 1.04 bits per heavy atom. The SMILES string of the molecule is COc1ccc(-c2ccc(NS(=O)(=O)c3c(C)n[nH]c3C)cc2)nn1. The standard InChI is InChI=1S/C16H17N5O3S/c1-10-16(11(2)18-17-10)25(22,23)21-13-6-4-12(5-7-13)14-8-9-15(24-3)20-19-14/h4-9,21H,1-3H3,(H,17,18). The average Bonchev–Trinajstić information content (AvgIpc) is 2.95. The van der Waals surface area contributed by atoms with Crippen LogP contribution in [0.25, 0.3) is 11.3 Å². The minimum atomic E-state index is -3.71. The van der Waals surface area contributed by atoms with Crippen molar-refractivity contribution < 1.29 is 13.2 Å². The number of sulfonamides is 1. The van der Waals surface area contributed by atoms with E-state index in [2.05, 4.69) is 25.1 Å². The van der Waals surface area contributed by atoms with Crippen molar-refractivity contribution in [2.24, 2.45) is 0 Å². The zero-order valence-corrected chi connectivity index (χ0v) is 14.8. The molecule has 1 aromatic carbocycles.